The van der Waals surface area contributed by atoms with E-state index in [9.17, 15) is 9.59 Å². The predicted octanol–water partition coefficient (Wildman–Crippen LogP) is 3.22. The number of aryl methyl sites for hydroxylation is 1. The topological polar surface area (TPSA) is 70.8 Å². The Morgan fingerprint density at radius 3 is 3.00 bits per heavy atom. The number of thioether (sulfide) groups is 1. The normalized spacial score (nSPS) is 19.5. The number of hydrogen-bond acceptors (Lipinski definition) is 5. The number of thiocarbonyl (C=S) groups is 1. The molecular formula is C16H17NO4S2. The lowest BCUT2D eigenvalue weighted by Crippen LogP contribution is -2.29. The molecule has 1 aromatic rings. The van der Waals surface area contributed by atoms with Gasteiger partial charge in [-0.05, 0) is 37.7 Å². The van der Waals surface area contributed by atoms with Crippen LogP contribution >= 0.6 is 24.0 Å². The largest absolute Gasteiger partial charge is 0.481 e. The van der Waals surface area contributed by atoms with Gasteiger partial charge >= 0.3 is 5.97 Å². The Labute approximate surface area is 143 Å². The first kappa shape index (κ1) is 16.3. The van der Waals surface area contributed by atoms with Gasteiger partial charge in [-0.15, -0.1) is 0 Å². The van der Waals surface area contributed by atoms with Crippen molar-refractivity contribution in [3.05, 3.63) is 28.1 Å². The van der Waals surface area contributed by atoms with Crippen LogP contribution in [0.15, 0.2) is 15.6 Å². The van der Waals surface area contributed by atoms with Crippen LogP contribution in [0.4, 0.5) is 0 Å². The van der Waals surface area contributed by atoms with Crippen LogP contribution in [-0.2, 0) is 22.4 Å². The summed E-state index contributed by atoms with van der Waals surface area (Å²) >= 11 is 6.49. The van der Waals surface area contributed by atoms with Crippen LogP contribution in [0.1, 0.15) is 42.6 Å². The molecule has 1 aliphatic carbocycles. The molecule has 1 fully saturated rings. The van der Waals surface area contributed by atoms with E-state index in [-0.39, 0.29) is 12.3 Å². The van der Waals surface area contributed by atoms with Crippen molar-refractivity contribution in [2.45, 2.75) is 38.5 Å². The molecule has 2 heterocycles. The summed E-state index contributed by atoms with van der Waals surface area (Å²) in [7, 11) is 0. The number of hydrogen-bond donors (Lipinski definition) is 1. The highest BCUT2D eigenvalue weighted by atomic mass is 32.2. The Hall–Kier alpha value is -1.60. The minimum Gasteiger partial charge on any atom is -0.481 e. The molecule has 23 heavy (non-hydrogen) atoms. The summed E-state index contributed by atoms with van der Waals surface area (Å²) in [5.74, 6) is -0.273. The lowest BCUT2D eigenvalue weighted by atomic mass is 9.94. The Balaban J connectivity index is 1.74. The van der Waals surface area contributed by atoms with Crippen molar-refractivity contribution in [2.75, 3.05) is 6.54 Å². The Bertz CT molecular complexity index is 692. The van der Waals surface area contributed by atoms with E-state index in [0.29, 0.717) is 22.2 Å². The monoisotopic (exact) mass is 351 g/mol. The fraction of sp³-hybridized carbons (Fsp3) is 0.438. The first-order valence-corrected chi connectivity index (χ1v) is 8.85. The zero-order valence-corrected chi connectivity index (χ0v) is 14.2. The van der Waals surface area contributed by atoms with Crippen molar-refractivity contribution in [2.24, 2.45) is 0 Å². The summed E-state index contributed by atoms with van der Waals surface area (Å²) in [5.41, 5.74) is 2.44. The molecule has 122 valence electrons. The van der Waals surface area contributed by atoms with Gasteiger partial charge in [0, 0.05) is 24.6 Å². The second kappa shape index (κ2) is 6.88. The summed E-state index contributed by atoms with van der Waals surface area (Å²) in [6.45, 7) is 0.338. The van der Waals surface area contributed by atoms with Crippen molar-refractivity contribution in [1.82, 2.24) is 4.90 Å². The van der Waals surface area contributed by atoms with E-state index < -0.39 is 5.97 Å². The third-order valence-electron chi connectivity index (χ3n) is 4.04. The molecular weight excluding hydrogens is 334 g/mol. The number of carboxylic acids is 1. The molecule has 0 saturated carbocycles. The molecule has 0 radical (unpaired) electrons. The average Bonchev–Trinajstić information content (AvgIpc) is 3.04. The second-order valence-corrected chi connectivity index (χ2v) is 7.32. The smallest absolute Gasteiger partial charge is 0.303 e. The van der Waals surface area contributed by atoms with Crippen molar-refractivity contribution in [3.63, 3.8) is 0 Å². The maximum Gasteiger partial charge on any atom is 0.303 e. The number of amides is 1. The Kier molecular flexibility index (Phi) is 4.87. The number of aliphatic carboxylic acids is 1. The molecule has 1 aromatic heterocycles. The number of carbonyl (C=O) groups is 2. The van der Waals surface area contributed by atoms with Gasteiger partial charge in [0.2, 0.25) is 0 Å². The summed E-state index contributed by atoms with van der Waals surface area (Å²) in [6, 6.07) is 0. The lowest BCUT2D eigenvalue weighted by Gasteiger charge is -2.13. The summed E-state index contributed by atoms with van der Waals surface area (Å²) in [6.07, 6.45) is 8.32. The third-order valence-corrected chi connectivity index (χ3v) is 5.42. The van der Waals surface area contributed by atoms with E-state index in [1.54, 1.807) is 12.3 Å². The maximum atomic E-state index is 12.4. The van der Waals surface area contributed by atoms with Crippen LogP contribution in [-0.4, -0.2) is 32.7 Å². The first-order valence-electron chi connectivity index (χ1n) is 7.62. The predicted molar refractivity (Wildman–Crippen MR) is 92.1 cm³/mol. The Morgan fingerprint density at radius 1 is 1.43 bits per heavy atom. The van der Waals surface area contributed by atoms with Gasteiger partial charge in [-0.2, -0.15) is 0 Å². The molecule has 5 nitrogen and oxygen atoms in total. The summed E-state index contributed by atoms with van der Waals surface area (Å²) in [5, 5.41) is 8.69. The molecule has 0 aromatic carbocycles. The van der Waals surface area contributed by atoms with Gasteiger partial charge < -0.3 is 9.52 Å². The van der Waals surface area contributed by atoms with Crippen LogP contribution < -0.4 is 0 Å². The van der Waals surface area contributed by atoms with Crippen LogP contribution in [0.2, 0.25) is 0 Å². The quantitative estimate of drug-likeness (QED) is 0.649. The molecule has 2 aliphatic rings. The molecule has 1 amide bonds. The van der Waals surface area contributed by atoms with E-state index in [0.717, 1.165) is 25.0 Å². The van der Waals surface area contributed by atoms with Gasteiger partial charge in [-0.1, -0.05) is 24.0 Å². The molecule has 1 saturated heterocycles. The molecule has 0 atom stereocenters. The number of furan rings is 1. The SMILES string of the molecule is O=C(O)CCCN1C(=O)/C(=C\c2occ3c2CCCC3)SC1=S. The second-order valence-electron chi connectivity index (χ2n) is 5.64. The average molecular weight is 351 g/mol. The van der Waals surface area contributed by atoms with Gasteiger partial charge in [0.05, 0.1) is 11.2 Å². The van der Waals surface area contributed by atoms with Crippen LogP contribution in [0.3, 0.4) is 0 Å². The summed E-state index contributed by atoms with van der Waals surface area (Å²) in [4.78, 5) is 25.1. The van der Waals surface area contributed by atoms with Crippen molar-refractivity contribution in [3.8, 4) is 0 Å². The molecule has 3 rings (SSSR count). The van der Waals surface area contributed by atoms with Gasteiger partial charge in [-0.3, -0.25) is 14.5 Å². The van der Waals surface area contributed by atoms with Crippen molar-refractivity contribution >= 4 is 46.3 Å². The highest BCUT2D eigenvalue weighted by Crippen LogP contribution is 2.35. The van der Waals surface area contributed by atoms with Crippen molar-refractivity contribution < 1.29 is 19.1 Å². The number of nitrogens with zero attached hydrogens (tertiary/aromatic N) is 1. The van der Waals surface area contributed by atoms with Gasteiger partial charge in [-0.25, -0.2) is 0 Å². The summed E-state index contributed by atoms with van der Waals surface area (Å²) < 4.78 is 6.11. The lowest BCUT2D eigenvalue weighted by molar-refractivity contribution is -0.137. The number of carboxylic acid groups (broad SMARTS) is 1. The van der Waals surface area contributed by atoms with Crippen LogP contribution in [0.5, 0.6) is 0 Å². The van der Waals surface area contributed by atoms with E-state index in [2.05, 4.69) is 0 Å². The Morgan fingerprint density at radius 2 is 2.22 bits per heavy atom. The molecule has 0 bridgehead atoms. The zero-order valence-electron chi connectivity index (χ0n) is 12.5. The highest BCUT2D eigenvalue weighted by molar-refractivity contribution is 8.26. The number of rotatable bonds is 5. The minimum absolute atomic E-state index is 0.0296. The molecule has 1 aliphatic heterocycles. The first-order chi connectivity index (χ1) is 11.1. The van der Waals surface area contributed by atoms with Crippen LogP contribution in [0.25, 0.3) is 6.08 Å². The maximum absolute atomic E-state index is 12.4. The van der Waals surface area contributed by atoms with E-state index in [1.165, 1.54) is 34.2 Å². The number of carbonyl (C=O) groups excluding carboxylic acids is 1. The fourth-order valence-electron chi connectivity index (χ4n) is 2.87. The van der Waals surface area contributed by atoms with E-state index >= 15 is 0 Å². The minimum atomic E-state index is -0.867. The van der Waals surface area contributed by atoms with E-state index in [4.69, 9.17) is 21.7 Å². The van der Waals surface area contributed by atoms with Gasteiger partial charge in [0.25, 0.3) is 5.91 Å². The number of fused-ring (bicyclic) bond motifs is 1. The third kappa shape index (κ3) is 3.50. The highest BCUT2D eigenvalue weighted by Gasteiger charge is 2.32. The van der Waals surface area contributed by atoms with Crippen LogP contribution in [0, 0.1) is 0 Å². The standard InChI is InChI=1S/C16H17NO4S2/c18-14(19)6-3-7-17-15(20)13(23-16(17)22)8-12-11-5-2-1-4-10(11)9-21-12/h8-9H,1-7H2,(H,18,19)/b13-8+. The van der Waals surface area contributed by atoms with E-state index in [1.807, 2.05) is 0 Å². The molecule has 0 spiro atoms. The zero-order chi connectivity index (χ0) is 16.4. The van der Waals surface area contributed by atoms with Crippen molar-refractivity contribution in [1.29, 1.82) is 0 Å². The van der Waals surface area contributed by atoms with Gasteiger partial charge in [0.1, 0.15) is 10.1 Å². The molecule has 1 N–H and O–H groups in total. The van der Waals surface area contributed by atoms with Gasteiger partial charge in [0.15, 0.2) is 0 Å². The molecule has 0 unspecified atom stereocenters. The molecule has 7 heteroatoms. The fourth-order valence-corrected chi connectivity index (χ4v) is 4.15.